The van der Waals surface area contributed by atoms with Crippen LogP contribution in [0.1, 0.15) is 36.8 Å². The number of nitrogens with one attached hydrogen (secondary N) is 2. The number of hydrogen-bond donors (Lipinski definition) is 2. The Labute approximate surface area is 229 Å². The predicted octanol–water partition coefficient (Wildman–Crippen LogP) is 4.54. The zero-order chi connectivity index (χ0) is 28.5. The van der Waals surface area contributed by atoms with Crippen LogP contribution < -0.4 is 29.7 Å². The molecule has 0 spiro atoms. The van der Waals surface area contributed by atoms with E-state index in [-0.39, 0.29) is 28.3 Å². The molecule has 0 saturated carbocycles. The van der Waals surface area contributed by atoms with Crippen molar-refractivity contribution in [2.75, 3.05) is 26.6 Å². The number of amides is 2. The van der Waals surface area contributed by atoms with Crippen LogP contribution >= 0.6 is 0 Å². The number of carbonyl (C=O) groups is 3. The number of methoxy groups -OCH3 is 3. The molecule has 0 saturated heterocycles. The minimum Gasteiger partial charge on any atom is -0.493 e. The summed E-state index contributed by atoms with van der Waals surface area (Å²) in [5.74, 6) is -0.532. The Kier molecular flexibility index (Phi) is 8.77. The zero-order valence-corrected chi connectivity index (χ0v) is 21.8. The smallest absolute Gasteiger partial charge is 0.379 e. The third-order valence-corrected chi connectivity index (χ3v) is 5.56. The van der Waals surface area contributed by atoms with Crippen LogP contribution in [-0.2, 0) is 0 Å². The van der Waals surface area contributed by atoms with Gasteiger partial charge in [0.15, 0.2) is 11.5 Å². The molecule has 0 aliphatic rings. The summed E-state index contributed by atoms with van der Waals surface area (Å²) >= 11 is 0. The summed E-state index contributed by atoms with van der Waals surface area (Å²) in [6.45, 7) is 0. The van der Waals surface area contributed by atoms with E-state index < -0.39 is 17.8 Å². The number of para-hydroxylation sites is 2. The number of ether oxygens (including phenoxy) is 4. The van der Waals surface area contributed by atoms with Gasteiger partial charge in [0.2, 0.25) is 11.5 Å². The monoisotopic (exact) mass is 543 g/mol. The van der Waals surface area contributed by atoms with E-state index in [0.29, 0.717) is 22.8 Å². The Morgan fingerprint density at radius 2 is 1.50 bits per heavy atom. The van der Waals surface area contributed by atoms with Gasteiger partial charge in [0, 0.05) is 11.1 Å². The Bertz CT molecular complexity index is 1520. The molecule has 40 heavy (non-hydrogen) atoms. The maximum atomic E-state index is 13.1. The van der Waals surface area contributed by atoms with E-state index in [1.807, 2.05) is 0 Å². The first-order valence-corrected chi connectivity index (χ1v) is 11.8. The number of anilines is 1. The third kappa shape index (κ3) is 6.27. The highest BCUT2D eigenvalue weighted by molar-refractivity contribution is 6.09. The quantitative estimate of drug-likeness (QED) is 0.129. The van der Waals surface area contributed by atoms with Crippen molar-refractivity contribution in [1.82, 2.24) is 5.43 Å². The number of nitrogens with zero attached hydrogens (tertiary/aromatic N) is 1. The van der Waals surface area contributed by atoms with E-state index >= 15 is 0 Å². The van der Waals surface area contributed by atoms with Gasteiger partial charge >= 0.3 is 5.97 Å². The van der Waals surface area contributed by atoms with Gasteiger partial charge in [-0.25, -0.2) is 10.2 Å². The highest BCUT2D eigenvalue weighted by Gasteiger charge is 2.19. The summed E-state index contributed by atoms with van der Waals surface area (Å²) in [6, 6.07) is 19.2. The summed E-state index contributed by atoms with van der Waals surface area (Å²) in [5, 5.41) is 6.72. The van der Waals surface area contributed by atoms with Crippen LogP contribution in [0.25, 0.3) is 0 Å². The Morgan fingerprint density at radius 3 is 2.17 bits per heavy atom. The lowest BCUT2D eigenvalue weighted by Crippen LogP contribution is -2.21. The fraction of sp³-hybridized carbons (Fsp3) is 0.103. The Morgan fingerprint density at radius 1 is 0.800 bits per heavy atom. The molecule has 4 rings (SSSR count). The molecule has 11 nitrogen and oxygen atoms in total. The molecule has 0 aliphatic carbocycles. The number of hydrogen-bond acceptors (Lipinski definition) is 9. The molecule has 0 bridgehead atoms. The van der Waals surface area contributed by atoms with E-state index in [4.69, 9.17) is 23.4 Å². The topological polar surface area (TPSA) is 138 Å². The summed E-state index contributed by atoms with van der Waals surface area (Å²) in [5.41, 5.74) is 3.50. The first kappa shape index (κ1) is 27.5. The van der Waals surface area contributed by atoms with E-state index in [9.17, 15) is 14.4 Å². The van der Waals surface area contributed by atoms with Gasteiger partial charge in [0.05, 0.1) is 45.1 Å². The number of carbonyl (C=O) groups excluding carboxylic acids is 3. The highest BCUT2D eigenvalue weighted by atomic mass is 16.5. The van der Waals surface area contributed by atoms with Gasteiger partial charge in [-0.3, -0.25) is 9.59 Å². The molecule has 1 aromatic heterocycles. The second-order valence-corrected chi connectivity index (χ2v) is 8.02. The molecule has 0 aliphatic heterocycles. The molecule has 0 atom stereocenters. The van der Waals surface area contributed by atoms with Gasteiger partial charge in [-0.2, -0.15) is 5.10 Å². The molecule has 0 radical (unpaired) electrons. The Hall–Kier alpha value is -5.58. The molecule has 2 amide bonds. The maximum absolute atomic E-state index is 13.1. The van der Waals surface area contributed by atoms with Gasteiger partial charge < -0.3 is 28.7 Å². The van der Waals surface area contributed by atoms with Crippen molar-refractivity contribution in [2.24, 2.45) is 5.10 Å². The van der Waals surface area contributed by atoms with Crippen molar-refractivity contribution >= 4 is 29.7 Å². The van der Waals surface area contributed by atoms with E-state index in [1.54, 1.807) is 48.5 Å². The number of esters is 1. The van der Waals surface area contributed by atoms with Gasteiger partial charge in [-0.15, -0.1) is 0 Å². The summed E-state index contributed by atoms with van der Waals surface area (Å²) in [4.78, 5) is 38.2. The highest BCUT2D eigenvalue weighted by Crippen LogP contribution is 2.38. The third-order valence-electron chi connectivity index (χ3n) is 5.56. The van der Waals surface area contributed by atoms with Crippen molar-refractivity contribution in [1.29, 1.82) is 0 Å². The lowest BCUT2D eigenvalue weighted by Gasteiger charge is -2.15. The molecular formula is C29H25N3O8. The van der Waals surface area contributed by atoms with Gasteiger partial charge in [-0.05, 0) is 48.5 Å². The molecular weight excluding hydrogens is 518 g/mol. The fourth-order valence-electron chi connectivity index (χ4n) is 3.64. The second-order valence-electron chi connectivity index (χ2n) is 8.02. The molecule has 204 valence electrons. The first-order chi connectivity index (χ1) is 19.4. The SMILES string of the molecule is COc1cc(C(=O)Nc2ccccc2C(=O)N/N=C\c2ccccc2OC(=O)c2ccco2)cc(OC)c1OC. The molecule has 3 aromatic carbocycles. The summed E-state index contributed by atoms with van der Waals surface area (Å²) < 4.78 is 26.4. The molecule has 0 unspecified atom stereocenters. The van der Waals surface area contributed by atoms with Crippen LogP contribution in [0.3, 0.4) is 0 Å². The predicted molar refractivity (Wildman–Crippen MR) is 146 cm³/mol. The number of rotatable bonds is 10. The van der Waals surface area contributed by atoms with Crippen molar-refractivity contribution in [3.05, 3.63) is 102 Å². The van der Waals surface area contributed by atoms with Crippen LogP contribution in [0.2, 0.25) is 0 Å². The van der Waals surface area contributed by atoms with Crippen LogP contribution in [0.5, 0.6) is 23.0 Å². The van der Waals surface area contributed by atoms with Gasteiger partial charge in [0.1, 0.15) is 5.75 Å². The lowest BCUT2D eigenvalue weighted by atomic mass is 10.1. The van der Waals surface area contributed by atoms with E-state index in [1.165, 1.54) is 58.1 Å². The van der Waals surface area contributed by atoms with E-state index in [0.717, 1.165) is 0 Å². The molecule has 0 fully saturated rings. The number of hydrazone groups is 1. The standard InChI is InChI=1S/C29H25N3O8/c1-36-24-15-19(16-25(37-2)26(24)38-3)27(33)31-21-11-6-5-10-20(21)28(34)32-30-17-18-9-4-7-12-22(18)40-29(35)23-13-8-14-39-23/h4-17H,1-3H3,(H,31,33)(H,32,34)/b30-17-. The minimum absolute atomic E-state index is 0.0465. The van der Waals surface area contributed by atoms with E-state index in [2.05, 4.69) is 15.8 Å². The molecule has 2 N–H and O–H groups in total. The van der Waals surface area contributed by atoms with Crippen LogP contribution in [0.15, 0.2) is 88.6 Å². The average molecular weight is 544 g/mol. The molecule has 11 heteroatoms. The average Bonchev–Trinajstić information content (AvgIpc) is 3.53. The van der Waals surface area contributed by atoms with Crippen LogP contribution in [0.4, 0.5) is 5.69 Å². The van der Waals surface area contributed by atoms with Crippen LogP contribution in [-0.4, -0.2) is 45.3 Å². The Balaban J connectivity index is 1.48. The summed E-state index contributed by atoms with van der Waals surface area (Å²) in [6.07, 6.45) is 2.70. The summed E-state index contributed by atoms with van der Waals surface area (Å²) in [7, 11) is 4.35. The largest absolute Gasteiger partial charge is 0.493 e. The maximum Gasteiger partial charge on any atom is 0.379 e. The zero-order valence-electron chi connectivity index (χ0n) is 21.8. The normalized spacial score (nSPS) is 10.6. The van der Waals surface area contributed by atoms with Crippen molar-refractivity contribution in [3.63, 3.8) is 0 Å². The first-order valence-electron chi connectivity index (χ1n) is 11.8. The van der Waals surface area contributed by atoms with Crippen LogP contribution in [0, 0.1) is 0 Å². The fourth-order valence-corrected chi connectivity index (χ4v) is 3.64. The van der Waals surface area contributed by atoms with Crippen molar-refractivity contribution in [3.8, 4) is 23.0 Å². The van der Waals surface area contributed by atoms with Gasteiger partial charge in [0.25, 0.3) is 11.8 Å². The van der Waals surface area contributed by atoms with Crippen molar-refractivity contribution in [2.45, 2.75) is 0 Å². The lowest BCUT2D eigenvalue weighted by molar-refractivity contribution is 0.0700. The van der Waals surface area contributed by atoms with Gasteiger partial charge in [-0.1, -0.05) is 24.3 Å². The molecule has 1 heterocycles. The second kappa shape index (κ2) is 12.8. The number of furan rings is 1. The molecule has 4 aromatic rings. The number of benzene rings is 3. The minimum atomic E-state index is -0.674. The van der Waals surface area contributed by atoms with Crippen molar-refractivity contribution < 1.29 is 37.7 Å².